The molecule has 1 spiro atoms. The fourth-order valence-electron chi connectivity index (χ4n) is 2.13. The van der Waals surface area contributed by atoms with E-state index in [0.717, 1.165) is 45.3 Å². The van der Waals surface area contributed by atoms with E-state index < -0.39 is 0 Å². The number of amides is 1. The number of carbonyl (C=O) groups is 1. The van der Waals surface area contributed by atoms with Gasteiger partial charge in [-0.05, 0) is 32.4 Å². The number of hydrogen-bond acceptors (Lipinski definition) is 3. The molecule has 74 valence electrons. The zero-order valence-electron chi connectivity index (χ0n) is 7.77. The Labute approximate surface area is 78.0 Å². The highest BCUT2D eigenvalue weighted by Gasteiger charge is 2.37. The predicted molar refractivity (Wildman–Crippen MR) is 48.6 cm³/mol. The standard InChI is InChI=1S/C9H16N2O2/c12-8-11-7-4-9(13-8)2-1-5-10-6-3-9/h10H,1-7H2,(H,11,12). The average Bonchev–Trinajstić information content (AvgIpc) is 2.31. The molecule has 1 unspecified atom stereocenters. The second-order valence-corrected chi connectivity index (χ2v) is 3.85. The SMILES string of the molecule is O=C1NCCC2(CCCNCC2)O1. The Hall–Kier alpha value is -0.770. The van der Waals surface area contributed by atoms with E-state index in [2.05, 4.69) is 10.6 Å². The number of carbonyl (C=O) groups excluding carboxylic acids is 1. The Balaban J connectivity index is 2.02. The van der Waals surface area contributed by atoms with Crippen LogP contribution in [0.4, 0.5) is 4.79 Å². The topological polar surface area (TPSA) is 50.4 Å². The van der Waals surface area contributed by atoms with Gasteiger partial charge in [0.1, 0.15) is 5.60 Å². The highest BCUT2D eigenvalue weighted by molar-refractivity contribution is 5.68. The largest absolute Gasteiger partial charge is 0.443 e. The minimum Gasteiger partial charge on any atom is -0.443 e. The highest BCUT2D eigenvalue weighted by atomic mass is 16.6. The lowest BCUT2D eigenvalue weighted by molar-refractivity contribution is -0.0212. The fraction of sp³-hybridized carbons (Fsp3) is 0.889. The Morgan fingerprint density at radius 1 is 1.15 bits per heavy atom. The molecule has 1 atom stereocenters. The van der Waals surface area contributed by atoms with Gasteiger partial charge >= 0.3 is 6.09 Å². The Kier molecular flexibility index (Phi) is 2.40. The minimum atomic E-state index is -0.242. The first-order valence-electron chi connectivity index (χ1n) is 4.98. The molecule has 0 aliphatic carbocycles. The molecular weight excluding hydrogens is 168 g/mol. The van der Waals surface area contributed by atoms with Gasteiger partial charge in [0.25, 0.3) is 0 Å². The quantitative estimate of drug-likeness (QED) is 0.580. The molecule has 13 heavy (non-hydrogen) atoms. The smallest absolute Gasteiger partial charge is 0.407 e. The van der Waals surface area contributed by atoms with Gasteiger partial charge in [0, 0.05) is 13.0 Å². The molecule has 2 fully saturated rings. The Bertz CT molecular complexity index is 198. The first kappa shape index (κ1) is 8.81. The molecule has 0 aromatic carbocycles. The number of hydrogen-bond donors (Lipinski definition) is 2. The number of ether oxygens (including phenoxy) is 1. The van der Waals surface area contributed by atoms with Crippen LogP contribution in [0.15, 0.2) is 0 Å². The van der Waals surface area contributed by atoms with Crippen LogP contribution in [-0.2, 0) is 4.74 Å². The summed E-state index contributed by atoms with van der Waals surface area (Å²) in [6.07, 6.45) is 3.79. The molecule has 0 radical (unpaired) electrons. The molecule has 0 aromatic heterocycles. The maximum absolute atomic E-state index is 11.1. The van der Waals surface area contributed by atoms with Crippen molar-refractivity contribution in [1.82, 2.24) is 10.6 Å². The zero-order valence-corrected chi connectivity index (χ0v) is 7.77. The van der Waals surface area contributed by atoms with Crippen LogP contribution in [0.1, 0.15) is 25.7 Å². The predicted octanol–water partition coefficient (Wildman–Crippen LogP) is 0.629. The van der Waals surface area contributed by atoms with Crippen LogP contribution in [0.2, 0.25) is 0 Å². The monoisotopic (exact) mass is 184 g/mol. The summed E-state index contributed by atoms with van der Waals surface area (Å²) < 4.78 is 5.40. The van der Waals surface area contributed by atoms with Crippen molar-refractivity contribution in [2.24, 2.45) is 0 Å². The summed E-state index contributed by atoms with van der Waals surface area (Å²) in [6.45, 7) is 2.78. The van der Waals surface area contributed by atoms with Crippen molar-refractivity contribution in [2.45, 2.75) is 31.3 Å². The Morgan fingerprint density at radius 3 is 2.85 bits per heavy atom. The van der Waals surface area contributed by atoms with Gasteiger partial charge in [0.05, 0.1) is 0 Å². The molecule has 0 bridgehead atoms. The van der Waals surface area contributed by atoms with Gasteiger partial charge in [0.15, 0.2) is 0 Å². The van der Waals surface area contributed by atoms with Crippen LogP contribution in [0, 0.1) is 0 Å². The van der Waals surface area contributed by atoms with Crippen LogP contribution >= 0.6 is 0 Å². The highest BCUT2D eigenvalue weighted by Crippen LogP contribution is 2.29. The van der Waals surface area contributed by atoms with Gasteiger partial charge in [0.2, 0.25) is 0 Å². The molecule has 2 saturated heterocycles. The third kappa shape index (κ3) is 1.94. The maximum atomic E-state index is 11.1. The summed E-state index contributed by atoms with van der Waals surface area (Å²) in [6, 6.07) is 0. The normalized spacial score (nSPS) is 34.9. The summed E-state index contributed by atoms with van der Waals surface area (Å²) in [5, 5.41) is 6.01. The van der Waals surface area contributed by atoms with Crippen molar-refractivity contribution >= 4 is 6.09 Å². The van der Waals surface area contributed by atoms with E-state index in [1.165, 1.54) is 0 Å². The van der Waals surface area contributed by atoms with Gasteiger partial charge in [-0.1, -0.05) is 0 Å². The van der Waals surface area contributed by atoms with E-state index in [1.807, 2.05) is 0 Å². The summed E-state index contributed by atoms with van der Waals surface area (Å²) >= 11 is 0. The summed E-state index contributed by atoms with van der Waals surface area (Å²) in [5.74, 6) is 0. The van der Waals surface area contributed by atoms with Crippen molar-refractivity contribution < 1.29 is 9.53 Å². The number of nitrogens with one attached hydrogen (secondary N) is 2. The molecule has 1 amide bonds. The van der Waals surface area contributed by atoms with Crippen molar-refractivity contribution in [3.8, 4) is 0 Å². The second kappa shape index (κ2) is 3.54. The molecule has 4 heteroatoms. The molecule has 2 rings (SSSR count). The molecule has 2 heterocycles. The molecule has 4 nitrogen and oxygen atoms in total. The molecule has 2 N–H and O–H groups in total. The Morgan fingerprint density at radius 2 is 2.00 bits per heavy atom. The van der Waals surface area contributed by atoms with Gasteiger partial charge in [-0.2, -0.15) is 0 Å². The number of rotatable bonds is 0. The van der Waals surface area contributed by atoms with Gasteiger partial charge in [-0.25, -0.2) is 4.79 Å². The van der Waals surface area contributed by atoms with E-state index in [0.29, 0.717) is 0 Å². The second-order valence-electron chi connectivity index (χ2n) is 3.85. The van der Waals surface area contributed by atoms with E-state index in [-0.39, 0.29) is 11.7 Å². The van der Waals surface area contributed by atoms with Gasteiger partial charge in [-0.3, -0.25) is 0 Å². The molecule has 2 aliphatic heterocycles. The third-order valence-electron chi connectivity index (χ3n) is 2.90. The van der Waals surface area contributed by atoms with E-state index in [9.17, 15) is 4.79 Å². The van der Waals surface area contributed by atoms with E-state index in [4.69, 9.17) is 4.74 Å². The van der Waals surface area contributed by atoms with E-state index in [1.54, 1.807) is 0 Å². The first-order chi connectivity index (χ1) is 6.31. The van der Waals surface area contributed by atoms with Crippen LogP contribution in [0.5, 0.6) is 0 Å². The summed E-state index contributed by atoms with van der Waals surface area (Å²) in [5.41, 5.74) is -0.161. The maximum Gasteiger partial charge on any atom is 0.407 e. The molecular formula is C9H16N2O2. The number of alkyl carbamates (subject to hydrolysis) is 1. The van der Waals surface area contributed by atoms with Gasteiger partial charge in [-0.15, -0.1) is 0 Å². The lowest BCUT2D eigenvalue weighted by Crippen LogP contribution is -2.47. The molecule has 2 aliphatic rings. The van der Waals surface area contributed by atoms with Crippen LogP contribution in [-0.4, -0.2) is 31.3 Å². The van der Waals surface area contributed by atoms with Crippen molar-refractivity contribution in [3.05, 3.63) is 0 Å². The summed E-state index contributed by atoms with van der Waals surface area (Å²) in [7, 11) is 0. The van der Waals surface area contributed by atoms with Crippen LogP contribution in [0.25, 0.3) is 0 Å². The average molecular weight is 184 g/mol. The molecule has 0 aromatic rings. The first-order valence-corrected chi connectivity index (χ1v) is 4.98. The molecule has 0 saturated carbocycles. The van der Waals surface area contributed by atoms with Crippen molar-refractivity contribution in [2.75, 3.05) is 19.6 Å². The van der Waals surface area contributed by atoms with Crippen LogP contribution in [0.3, 0.4) is 0 Å². The van der Waals surface area contributed by atoms with E-state index >= 15 is 0 Å². The van der Waals surface area contributed by atoms with Gasteiger partial charge < -0.3 is 15.4 Å². The van der Waals surface area contributed by atoms with Crippen molar-refractivity contribution in [3.63, 3.8) is 0 Å². The fourth-order valence-corrected chi connectivity index (χ4v) is 2.13. The lowest BCUT2D eigenvalue weighted by atomic mass is 9.90. The van der Waals surface area contributed by atoms with Crippen molar-refractivity contribution in [1.29, 1.82) is 0 Å². The zero-order chi connectivity index (χ0) is 9.15. The third-order valence-corrected chi connectivity index (χ3v) is 2.90. The van der Waals surface area contributed by atoms with Crippen LogP contribution < -0.4 is 10.6 Å². The minimum absolute atomic E-state index is 0.161. The summed E-state index contributed by atoms with van der Waals surface area (Å²) in [4.78, 5) is 11.1. The lowest BCUT2D eigenvalue weighted by Gasteiger charge is -2.35.